The SMILES string of the molecule is O=C1C2=C3C4=C(C5=C(Cl)c6ccccc6C5=C(c5ccccc5)[C@]45C(=C2c2ccccc21)C(=O)c1ccccc15)c1ccccc13. The quantitative estimate of drug-likeness (QED) is 0.191. The zero-order valence-corrected chi connectivity index (χ0v) is 25.1. The van der Waals surface area contributed by atoms with E-state index in [2.05, 4.69) is 66.7 Å². The van der Waals surface area contributed by atoms with Gasteiger partial charge in [0.05, 0.1) is 10.4 Å². The molecule has 0 aromatic heterocycles. The Balaban J connectivity index is 1.47. The number of hydrogen-bond donors (Lipinski definition) is 0. The maximum atomic E-state index is 15.2. The van der Waals surface area contributed by atoms with Crippen molar-refractivity contribution >= 4 is 56.1 Å². The van der Waals surface area contributed by atoms with E-state index < -0.39 is 5.41 Å². The molecule has 0 bridgehead atoms. The van der Waals surface area contributed by atoms with Crippen LogP contribution in [-0.4, -0.2) is 11.6 Å². The molecule has 5 aromatic carbocycles. The summed E-state index contributed by atoms with van der Waals surface area (Å²) in [6.07, 6.45) is 0. The Morgan fingerprint density at radius 3 is 1.54 bits per heavy atom. The zero-order valence-electron chi connectivity index (χ0n) is 24.3. The summed E-state index contributed by atoms with van der Waals surface area (Å²) in [4.78, 5) is 29.8. The van der Waals surface area contributed by atoms with E-state index in [9.17, 15) is 4.79 Å². The lowest BCUT2D eigenvalue weighted by Crippen LogP contribution is -2.37. The molecule has 1 atom stereocenters. The minimum Gasteiger partial charge on any atom is -0.289 e. The molecule has 11 rings (SSSR count). The first-order valence-corrected chi connectivity index (χ1v) is 15.9. The van der Waals surface area contributed by atoms with E-state index in [-0.39, 0.29) is 11.6 Å². The fourth-order valence-electron chi connectivity index (χ4n) is 9.30. The zero-order chi connectivity index (χ0) is 30.5. The van der Waals surface area contributed by atoms with Crippen LogP contribution in [0.5, 0.6) is 0 Å². The Kier molecular flexibility index (Phi) is 4.39. The molecule has 0 radical (unpaired) electrons. The van der Waals surface area contributed by atoms with Crippen molar-refractivity contribution < 1.29 is 9.59 Å². The predicted molar refractivity (Wildman–Crippen MR) is 183 cm³/mol. The van der Waals surface area contributed by atoms with Crippen LogP contribution in [-0.2, 0) is 5.41 Å². The monoisotopic (exact) mass is 604 g/mol. The Morgan fingerprint density at radius 1 is 0.370 bits per heavy atom. The summed E-state index contributed by atoms with van der Waals surface area (Å²) in [6, 6.07) is 43.0. The number of fused-ring (bicyclic) bond motifs is 11. The highest BCUT2D eigenvalue weighted by Crippen LogP contribution is 2.74. The number of carbonyl (C=O) groups is 2. The van der Waals surface area contributed by atoms with Gasteiger partial charge in [-0.05, 0) is 61.2 Å². The second kappa shape index (κ2) is 8.17. The van der Waals surface area contributed by atoms with Crippen LogP contribution in [0.1, 0.15) is 59.7 Å². The van der Waals surface area contributed by atoms with Crippen molar-refractivity contribution in [3.05, 3.63) is 200 Å². The second-order valence-corrected chi connectivity index (χ2v) is 13.0. The second-order valence-electron chi connectivity index (χ2n) is 12.6. The molecule has 0 N–H and O–H groups in total. The lowest BCUT2D eigenvalue weighted by molar-refractivity contribution is 0.103. The number of rotatable bonds is 1. The molecule has 6 aliphatic rings. The van der Waals surface area contributed by atoms with E-state index in [4.69, 9.17) is 11.6 Å². The summed E-state index contributed by atoms with van der Waals surface area (Å²) in [5, 5.41) is 0.701. The van der Waals surface area contributed by atoms with Crippen LogP contribution in [0.25, 0.3) is 32.9 Å². The number of Topliss-reactive ketones (excluding diaryl/α,β-unsaturated/α-hetero) is 2. The third kappa shape index (κ3) is 2.51. The normalized spacial score (nSPS) is 20.9. The van der Waals surface area contributed by atoms with Crippen molar-refractivity contribution in [1.29, 1.82) is 0 Å². The molecule has 0 aliphatic heterocycles. The Labute approximate surface area is 270 Å². The molecule has 2 nitrogen and oxygen atoms in total. The molecule has 0 unspecified atom stereocenters. The van der Waals surface area contributed by atoms with Crippen LogP contribution >= 0.6 is 11.6 Å². The van der Waals surface area contributed by atoms with Crippen LogP contribution in [0.15, 0.2) is 150 Å². The van der Waals surface area contributed by atoms with Gasteiger partial charge in [0, 0.05) is 39.0 Å². The van der Waals surface area contributed by atoms with Crippen LogP contribution in [0.2, 0.25) is 0 Å². The fourth-order valence-corrected chi connectivity index (χ4v) is 9.65. The first-order chi connectivity index (χ1) is 22.6. The molecular weight excluding hydrogens is 584 g/mol. The smallest absolute Gasteiger partial charge is 0.194 e. The number of allylic oxidation sites excluding steroid dienone is 9. The average molecular weight is 605 g/mol. The van der Waals surface area contributed by atoms with E-state index in [1.54, 1.807) is 0 Å². The summed E-state index contributed by atoms with van der Waals surface area (Å²) < 4.78 is 0. The van der Waals surface area contributed by atoms with Crippen molar-refractivity contribution in [2.24, 2.45) is 0 Å². The van der Waals surface area contributed by atoms with Crippen LogP contribution in [0.3, 0.4) is 0 Å². The van der Waals surface area contributed by atoms with E-state index >= 15 is 4.79 Å². The largest absolute Gasteiger partial charge is 0.289 e. The van der Waals surface area contributed by atoms with Crippen LogP contribution in [0.4, 0.5) is 0 Å². The highest BCUT2D eigenvalue weighted by molar-refractivity contribution is 6.55. The molecule has 46 heavy (non-hydrogen) atoms. The molecule has 212 valence electrons. The van der Waals surface area contributed by atoms with Gasteiger partial charge in [0.2, 0.25) is 0 Å². The molecule has 0 heterocycles. The third-order valence-corrected chi connectivity index (χ3v) is 11.2. The van der Waals surface area contributed by atoms with Crippen molar-refractivity contribution in [1.82, 2.24) is 0 Å². The molecule has 0 amide bonds. The van der Waals surface area contributed by atoms with Gasteiger partial charge in [0.15, 0.2) is 11.6 Å². The van der Waals surface area contributed by atoms with Gasteiger partial charge in [0.25, 0.3) is 0 Å². The molecule has 0 saturated carbocycles. The molecule has 5 aromatic rings. The van der Waals surface area contributed by atoms with E-state index in [0.717, 1.165) is 78.0 Å². The van der Waals surface area contributed by atoms with E-state index in [1.165, 1.54) is 0 Å². The molecule has 1 spiro atoms. The summed E-state index contributed by atoms with van der Waals surface area (Å²) in [5.74, 6) is -0.0480. The summed E-state index contributed by atoms with van der Waals surface area (Å²) >= 11 is 7.49. The number of hydrogen-bond acceptors (Lipinski definition) is 2. The van der Waals surface area contributed by atoms with Gasteiger partial charge in [-0.25, -0.2) is 0 Å². The molecule has 6 aliphatic carbocycles. The standard InChI is InChI=1S/C43H21ClO2/c44-40-27-18-8-6-16-25(27)31-35(40)32-23-14-4-5-15-24(23)33-36-34(26-17-7-9-19-28(26)41(36)45)39-42(46)29-20-10-11-21-30(29)43(39,38(32)33)37(31)22-12-2-1-3-13-22/h1-21H/t43-/m0/s1. The maximum Gasteiger partial charge on any atom is 0.194 e. The van der Waals surface area contributed by atoms with E-state index in [0.29, 0.717) is 27.3 Å². The van der Waals surface area contributed by atoms with Crippen molar-refractivity contribution in [2.75, 3.05) is 0 Å². The summed E-state index contributed by atoms with van der Waals surface area (Å²) in [6.45, 7) is 0. The van der Waals surface area contributed by atoms with Gasteiger partial charge in [-0.2, -0.15) is 0 Å². The minimum atomic E-state index is -0.970. The van der Waals surface area contributed by atoms with E-state index in [1.807, 2.05) is 60.7 Å². The Bertz CT molecular complexity index is 2550. The van der Waals surface area contributed by atoms with Gasteiger partial charge in [-0.15, -0.1) is 0 Å². The van der Waals surface area contributed by atoms with Crippen LogP contribution < -0.4 is 0 Å². The molecule has 3 heteroatoms. The predicted octanol–water partition coefficient (Wildman–Crippen LogP) is 9.59. The van der Waals surface area contributed by atoms with Crippen molar-refractivity contribution in [3.63, 3.8) is 0 Å². The van der Waals surface area contributed by atoms with Gasteiger partial charge in [0.1, 0.15) is 0 Å². The lowest BCUT2D eigenvalue weighted by atomic mass is 9.54. The number of halogens is 1. The summed E-state index contributed by atoms with van der Waals surface area (Å²) in [7, 11) is 0. The van der Waals surface area contributed by atoms with Gasteiger partial charge >= 0.3 is 0 Å². The van der Waals surface area contributed by atoms with Crippen LogP contribution in [0, 0.1) is 0 Å². The summed E-state index contributed by atoms with van der Waals surface area (Å²) in [5.41, 5.74) is 15.4. The fraction of sp³-hybridized carbons (Fsp3) is 0.0233. The first kappa shape index (κ1) is 24.7. The highest BCUT2D eigenvalue weighted by Gasteiger charge is 2.64. The topological polar surface area (TPSA) is 34.1 Å². The number of ketones is 2. The lowest BCUT2D eigenvalue weighted by Gasteiger charge is -2.45. The minimum absolute atomic E-state index is 0.0201. The van der Waals surface area contributed by atoms with Crippen molar-refractivity contribution in [3.8, 4) is 0 Å². The number of carbonyl (C=O) groups excluding carboxylic acids is 2. The number of benzene rings is 5. The third-order valence-electron chi connectivity index (χ3n) is 10.8. The van der Waals surface area contributed by atoms with Gasteiger partial charge < -0.3 is 0 Å². The van der Waals surface area contributed by atoms with Gasteiger partial charge in [-0.1, -0.05) is 139 Å². The Hall–Kier alpha value is -5.57. The van der Waals surface area contributed by atoms with Gasteiger partial charge in [-0.3, -0.25) is 9.59 Å². The average Bonchev–Trinajstić information content (AvgIpc) is 3.78. The Morgan fingerprint density at radius 2 is 0.848 bits per heavy atom. The molecule has 0 fully saturated rings. The maximum absolute atomic E-state index is 15.2. The molecule has 0 saturated heterocycles. The van der Waals surface area contributed by atoms with Crippen molar-refractivity contribution in [2.45, 2.75) is 5.41 Å². The first-order valence-electron chi connectivity index (χ1n) is 15.6. The molecular formula is C43H21ClO2. The highest BCUT2D eigenvalue weighted by atomic mass is 35.5.